The minimum atomic E-state index is -0.505. The fourth-order valence-electron chi connectivity index (χ4n) is 2.01. The first-order chi connectivity index (χ1) is 9.98. The van der Waals surface area contributed by atoms with E-state index >= 15 is 0 Å². The van der Waals surface area contributed by atoms with E-state index in [1.165, 1.54) is 28.3 Å². The van der Waals surface area contributed by atoms with Crippen molar-refractivity contribution in [2.24, 2.45) is 0 Å². The van der Waals surface area contributed by atoms with Crippen molar-refractivity contribution in [3.63, 3.8) is 0 Å². The number of rotatable bonds is 6. The molecule has 0 bridgehead atoms. The molecule has 0 saturated heterocycles. The molecule has 0 heterocycles. The van der Waals surface area contributed by atoms with Gasteiger partial charge < -0.3 is 18.9 Å². The molecule has 0 aliphatic heterocycles. The number of hydrogen-bond donors (Lipinski definition) is 0. The molecule has 0 fully saturated rings. The molecule has 0 saturated carbocycles. The number of carbonyl (C=O) groups excluding carboxylic acids is 2. The van der Waals surface area contributed by atoms with Crippen molar-refractivity contribution in [3.05, 3.63) is 17.2 Å². The first kappa shape index (κ1) is 16.8. The van der Waals surface area contributed by atoms with Gasteiger partial charge in [0, 0.05) is 12.5 Å². The van der Waals surface area contributed by atoms with E-state index in [4.69, 9.17) is 14.2 Å². The molecule has 0 unspecified atom stereocenters. The van der Waals surface area contributed by atoms with E-state index in [1.807, 2.05) is 6.92 Å². The molecule has 1 aromatic carbocycles. The zero-order valence-corrected chi connectivity index (χ0v) is 12.9. The quantitative estimate of drug-likeness (QED) is 0.590. The van der Waals surface area contributed by atoms with E-state index < -0.39 is 11.9 Å². The van der Waals surface area contributed by atoms with Crippen LogP contribution in [0.25, 0.3) is 0 Å². The SMILES string of the molecule is CCc1cc(OC)c(CC(=O)OC)c(OC(C)=O)c1OC. The zero-order chi connectivity index (χ0) is 16.0. The van der Waals surface area contributed by atoms with Crippen LogP contribution in [0.3, 0.4) is 0 Å². The van der Waals surface area contributed by atoms with Crippen LogP contribution >= 0.6 is 0 Å². The number of hydrogen-bond acceptors (Lipinski definition) is 6. The summed E-state index contributed by atoms with van der Waals surface area (Å²) in [5, 5.41) is 0. The smallest absolute Gasteiger partial charge is 0.310 e. The number of carbonyl (C=O) groups is 2. The summed E-state index contributed by atoms with van der Waals surface area (Å²) in [5.74, 6) is 0.107. The van der Waals surface area contributed by atoms with Gasteiger partial charge in [0.15, 0.2) is 11.5 Å². The van der Waals surface area contributed by atoms with Crippen molar-refractivity contribution in [3.8, 4) is 17.2 Å². The Morgan fingerprint density at radius 3 is 2.19 bits per heavy atom. The highest BCUT2D eigenvalue weighted by Gasteiger charge is 2.23. The van der Waals surface area contributed by atoms with Gasteiger partial charge in [0.1, 0.15) is 5.75 Å². The third kappa shape index (κ3) is 3.87. The molecule has 1 aromatic rings. The second-order valence-corrected chi connectivity index (χ2v) is 4.28. The third-order valence-corrected chi connectivity index (χ3v) is 2.97. The Bertz CT molecular complexity index is 535. The van der Waals surface area contributed by atoms with Gasteiger partial charge >= 0.3 is 11.9 Å². The van der Waals surface area contributed by atoms with Gasteiger partial charge in [-0.25, -0.2) is 0 Å². The van der Waals surface area contributed by atoms with Crippen LogP contribution in [0.4, 0.5) is 0 Å². The maximum atomic E-state index is 11.6. The molecular formula is C15H20O6. The van der Waals surface area contributed by atoms with Crippen LogP contribution in [0.1, 0.15) is 25.0 Å². The lowest BCUT2D eigenvalue weighted by molar-refractivity contribution is -0.140. The van der Waals surface area contributed by atoms with Crippen molar-refractivity contribution in [1.29, 1.82) is 0 Å². The Hall–Kier alpha value is -2.24. The molecule has 0 N–H and O–H groups in total. The summed E-state index contributed by atoms with van der Waals surface area (Å²) < 4.78 is 20.6. The maximum absolute atomic E-state index is 11.6. The highest BCUT2D eigenvalue weighted by Crippen LogP contribution is 2.41. The van der Waals surface area contributed by atoms with Crippen molar-refractivity contribution in [1.82, 2.24) is 0 Å². The Morgan fingerprint density at radius 2 is 1.76 bits per heavy atom. The van der Waals surface area contributed by atoms with Gasteiger partial charge in [-0.3, -0.25) is 9.59 Å². The number of ether oxygens (including phenoxy) is 4. The molecular weight excluding hydrogens is 276 g/mol. The van der Waals surface area contributed by atoms with Crippen LogP contribution in [-0.4, -0.2) is 33.3 Å². The van der Waals surface area contributed by atoms with Crippen LogP contribution < -0.4 is 14.2 Å². The fourth-order valence-corrected chi connectivity index (χ4v) is 2.01. The minimum Gasteiger partial charge on any atom is -0.496 e. The summed E-state index contributed by atoms with van der Waals surface area (Å²) in [4.78, 5) is 22.9. The van der Waals surface area contributed by atoms with Crippen molar-refractivity contribution < 1.29 is 28.5 Å². The van der Waals surface area contributed by atoms with Gasteiger partial charge in [0.05, 0.1) is 33.3 Å². The highest BCUT2D eigenvalue weighted by atomic mass is 16.6. The van der Waals surface area contributed by atoms with E-state index in [0.29, 0.717) is 23.5 Å². The van der Waals surface area contributed by atoms with Gasteiger partial charge in [0.25, 0.3) is 0 Å². The van der Waals surface area contributed by atoms with Crippen molar-refractivity contribution >= 4 is 11.9 Å². The first-order valence-electron chi connectivity index (χ1n) is 6.50. The lowest BCUT2D eigenvalue weighted by Crippen LogP contribution is -2.12. The van der Waals surface area contributed by atoms with E-state index in [1.54, 1.807) is 6.07 Å². The second kappa shape index (κ2) is 7.52. The monoisotopic (exact) mass is 296 g/mol. The Morgan fingerprint density at radius 1 is 1.10 bits per heavy atom. The van der Waals surface area contributed by atoms with Crippen molar-refractivity contribution in [2.75, 3.05) is 21.3 Å². The average molecular weight is 296 g/mol. The molecule has 6 heteroatoms. The summed E-state index contributed by atoms with van der Waals surface area (Å²) in [7, 11) is 4.26. The van der Waals surface area contributed by atoms with Gasteiger partial charge in [0.2, 0.25) is 0 Å². The predicted molar refractivity (Wildman–Crippen MR) is 76.0 cm³/mol. The van der Waals surface area contributed by atoms with Gasteiger partial charge in [-0.15, -0.1) is 0 Å². The van der Waals surface area contributed by atoms with E-state index in [0.717, 1.165) is 5.56 Å². The standard InChI is InChI=1S/C15H20O6/c1-6-10-7-12(18-3)11(8-13(17)19-4)15(14(10)20-5)21-9(2)16/h7H,6,8H2,1-5H3. The molecule has 0 aromatic heterocycles. The fraction of sp³-hybridized carbons (Fsp3) is 0.467. The van der Waals surface area contributed by atoms with Gasteiger partial charge in [-0.05, 0) is 12.5 Å². The molecule has 0 atom stereocenters. The summed E-state index contributed by atoms with van der Waals surface area (Å²) in [5.41, 5.74) is 1.24. The Balaban J connectivity index is 3.54. The third-order valence-electron chi connectivity index (χ3n) is 2.97. The minimum absolute atomic E-state index is 0.0807. The van der Waals surface area contributed by atoms with Crippen LogP contribution in [0.2, 0.25) is 0 Å². The van der Waals surface area contributed by atoms with Gasteiger partial charge in [-0.1, -0.05) is 6.92 Å². The van der Waals surface area contributed by atoms with Crippen LogP contribution in [0.5, 0.6) is 17.2 Å². The van der Waals surface area contributed by atoms with Crippen LogP contribution in [0.15, 0.2) is 6.07 Å². The van der Waals surface area contributed by atoms with E-state index in [-0.39, 0.29) is 12.2 Å². The van der Waals surface area contributed by atoms with Crippen LogP contribution in [0, 0.1) is 0 Å². The Labute approximate surface area is 123 Å². The molecule has 0 aliphatic rings. The first-order valence-corrected chi connectivity index (χ1v) is 6.50. The predicted octanol–water partition coefficient (Wildman–Crippen LogP) is 1.91. The second-order valence-electron chi connectivity index (χ2n) is 4.28. The normalized spacial score (nSPS) is 9.95. The Kier molecular flexibility index (Phi) is 6.02. The zero-order valence-electron chi connectivity index (χ0n) is 12.9. The average Bonchev–Trinajstić information content (AvgIpc) is 2.47. The molecule has 1 rings (SSSR count). The number of esters is 2. The lowest BCUT2D eigenvalue weighted by Gasteiger charge is -2.18. The topological polar surface area (TPSA) is 71.1 Å². The summed E-state index contributed by atoms with van der Waals surface area (Å²) >= 11 is 0. The molecule has 0 aliphatic carbocycles. The molecule has 0 spiro atoms. The molecule has 0 radical (unpaired) electrons. The maximum Gasteiger partial charge on any atom is 0.310 e. The molecule has 6 nitrogen and oxygen atoms in total. The van der Waals surface area contributed by atoms with Gasteiger partial charge in [-0.2, -0.15) is 0 Å². The number of benzene rings is 1. The number of methoxy groups -OCH3 is 3. The summed E-state index contributed by atoms with van der Waals surface area (Å²) in [6.45, 7) is 3.22. The summed E-state index contributed by atoms with van der Waals surface area (Å²) in [6, 6.07) is 1.77. The lowest BCUT2D eigenvalue weighted by atomic mass is 10.0. The largest absolute Gasteiger partial charge is 0.496 e. The number of aryl methyl sites for hydroxylation is 1. The van der Waals surface area contributed by atoms with Crippen LogP contribution in [-0.2, 0) is 27.2 Å². The van der Waals surface area contributed by atoms with Crippen molar-refractivity contribution in [2.45, 2.75) is 26.7 Å². The summed E-state index contributed by atoms with van der Waals surface area (Å²) in [6.07, 6.45) is 0.578. The molecule has 0 amide bonds. The molecule has 21 heavy (non-hydrogen) atoms. The van der Waals surface area contributed by atoms with E-state index in [2.05, 4.69) is 4.74 Å². The van der Waals surface area contributed by atoms with E-state index in [9.17, 15) is 9.59 Å². The molecule has 116 valence electrons. The highest BCUT2D eigenvalue weighted by molar-refractivity contribution is 5.78.